The number of aryl methyl sites for hydroxylation is 1. The Morgan fingerprint density at radius 3 is 2.70 bits per heavy atom. The lowest BCUT2D eigenvalue weighted by molar-refractivity contribution is 0.0600. The number of benzene rings is 2. The van der Waals surface area contributed by atoms with Gasteiger partial charge in [0, 0.05) is 17.1 Å². The van der Waals surface area contributed by atoms with Crippen molar-refractivity contribution in [3.63, 3.8) is 0 Å². The lowest BCUT2D eigenvalue weighted by Gasteiger charge is -2.11. The number of aromatic amines is 1. The molecule has 0 amide bonds. The summed E-state index contributed by atoms with van der Waals surface area (Å²) in [5.74, 6) is 0.160. The summed E-state index contributed by atoms with van der Waals surface area (Å²) in [4.78, 5) is 19.6. The van der Waals surface area contributed by atoms with Crippen LogP contribution in [0.1, 0.15) is 33.1 Å². The third kappa shape index (κ3) is 3.38. The van der Waals surface area contributed by atoms with Gasteiger partial charge in [-0.05, 0) is 61.9 Å². The molecule has 0 saturated heterocycles. The molecule has 6 nitrogen and oxygen atoms in total. The Bertz CT molecular complexity index is 1300. The minimum absolute atomic E-state index is 0.379. The second-order valence-electron chi connectivity index (χ2n) is 6.98. The Kier molecular flexibility index (Phi) is 4.95. The first-order valence-corrected chi connectivity index (χ1v) is 9.46. The van der Waals surface area contributed by atoms with Crippen LogP contribution in [0.4, 0.5) is 0 Å². The first kappa shape index (κ1) is 19.2. The number of rotatable bonds is 4. The minimum atomic E-state index is -0.379. The number of hydrogen-bond acceptors (Lipinski definition) is 4. The number of nitrogens with zero attached hydrogens (tertiary/aromatic N) is 3. The minimum Gasteiger partial charge on any atom is -0.465 e. The molecule has 0 saturated carbocycles. The van der Waals surface area contributed by atoms with Gasteiger partial charge in [-0.15, -0.1) is 0 Å². The van der Waals surface area contributed by atoms with Crippen LogP contribution in [0.5, 0.6) is 0 Å². The molecule has 0 spiro atoms. The van der Waals surface area contributed by atoms with Gasteiger partial charge in [0.05, 0.1) is 29.3 Å². The maximum atomic E-state index is 11.9. The van der Waals surface area contributed by atoms with E-state index in [1.807, 2.05) is 67.0 Å². The smallest absolute Gasteiger partial charge is 0.337 e. The number of methoxy groups -OCH3 is 1. The normalized spacial score (nSPS) is 11.5. The number of H-pyrrole nitrogens is 1. The largest absolute Gasteiger partial charge is 0.465 e. The Hall–Kier alpha value is -4.11. The fourth-order valence-corrected chi connectivity index (χ4v) is 3.61. The van der Waals surface area contributed by atoms with E-state index < -0.39 is 0 Å². The average Bonchev–Trinajstić information content (AvgIpc) is 3.31. The van der Waals surface area contributed by atoms with Crippen molar-refractivity contribution in [1.82, 2.24) is 14.5 Å². The van der Waals surface area contributed by atoms with Gasteiger partial charge in [0.25, 0.3) is 0 Å². The van der Waals surface area contributed by atoms with E-state index in [0.29, 0.717) is 17.0 Å². The van der Waals surface area contributed by atoms with Gasteiger partial charge in [0.15, 0.2) is 0 Å². The van der Waals surface area contributed by atoms with Gasteiger partial charge in [-0.3, -0.25) is 0 Å². The van der Waals surface area contributed by atoms with Gasteiger partial charge in [-0.1, -0.05) is 18.2 Å². The number of nitriles is 1. The highest BCUT2D eigenvalue weighted by Crippen LogP contribution is 2.26. The van der Waals surface area contributed by atoms with Crippen LogP contribution in [0.2, 0.25) is 0 Å². The third-order valence-electron chi connectivity index (χ3n) is 5.06. The summed E-state index contributed by atoms with van der Waals surface area (Å²) in [5, 5.41) is 9.74. The molecule has 2 aromatic heterocycles. The molecule has 0 atom stereocenters. The molecule has 2 heterocycles. The van der Waals surface area contributed by atoms with Crippen LogP contribution in [-0.4, -0.2) is 27.6 Å². The SMILES string of the molecule is COC(=O)c1cccc(-n2c(C)cc(/C=C(\C#N)c3nc4ccccc4[nH]3)c2C)c1. The van der Waals surface area contributed by atoms with Gasteiger partial charge in [-0.25, -0.2) is 9.78 Å². The van der Waals surface area contributed by atoms with Crippen LogP contribution in [-0.2, 0) is 4.74 Å². The molecule has 0 unspecified atom stereocenters. The zero-order valence-corrected chi connectivity index (χ0v) is 16.9. The maximum absolute atomic E-state index is 11.9. The van der Waals surface area contributed by atoms with Crippen molar-refractivity contribution in [2.24, 2.45) is 0 Å². The summed E-state index contributed by atoms with van der Waals surface area (Å²) in [6, 6.07) is 19.2. The molecule has 148 valence electrons. The number of para-hydroxylation sites is 2. The number of aromatic nitrogens is 3. The Morgan fingerprint density at radius 2 is 1.97 bits per heavy atom. The van der Waals surface area contributed by atoms with Crippen molar-refractivity contribution in [1.29, 1.82) is 5.26 Å². The lowest BCUT2D eigenvalue weighted by atomic mass is 10.1. The zero-order valence-electron chi connectivity index (χ0n) is 16.9. The van der Waals surface area contributed by atoms with Gasteiger partial charge < -0.3 is 14.3 Å². The zero-order chi connectivity index (χ0) is 21.3. The number of fused-ring (bicyclic) bond motifs is 1. The predicted molar refractivity (Wildman–Crippen MR) is 116 cm³/mol. The Morgan fingerprint density at radius 1 is 1.17 bits per heavy atom. The summed E-state index contributed by atoms with van der Waals surface area (Å²) >= 11 is 0. The van der Waals surface area contributed by atoms with Crippen LogP contribution < -0.4 is 0 Å². The van der Waals surface area contributed by atoms with Crippen molar-refractivity contribution >= 4 is 28.7 Å². The van der Waals surface area contributed by atoms with Crippen molar-refractivity contribution in [2.45, 2.75) is 13.8 Å². The van der Waals surface area contributed by atoms with E-state index in [1.54, 1.807) is 12.1 Å². The Balaban J connectivity index is 1.78. The highest BCUT2D eigenvalue weighted by molar-refractivity contribution is 5.91. The summed E-state index contributed by atoms with van der Waals surface area (Å²) in [5.41, 5.74) is 6.36. The summed E-state index contributed by atoms with van der Waals surface area (Å²) in [7, 11) is 1.37. The highest BCUT2D eigenvalue weighted by Gasteiger charge is 2.14. The van der Waals surface area contributed by atoms with E-state index in [-0.39, 0.29) is 5.97 Å². The number of imidazole rings is 1. The van der Waals surface area contributed by atoms with E-state index >= 15 is 0 Å². The molecule has 0 aliphatic carbocycles. The number of carbonyl (C=O) groups excluding carboxylic acids is 1. The number of esters is 1. The van der Waals surface area contributed by atoms with Crippen LogP contribution in [0.25, 0.3) is 28.4 Å². The molecule has 30 heavy (non-hydrogen) atoms. The standard InChI is InChI=1S/C24H20N4O2/c1-15-11-18(12-19(14-25)23-26-21-9-4-5-10-22(21)27-23)16(2)28(15)20-8-6-7-17(13-20)24(29)30-3/h4-13H,1-3H3,(H,26,27)/b19-12+. The molecule has 4 rings (SSSR count). The van der Waals surface area contributed by atoms with Gasteiger partial charge in [-0.2, -0.15) is 5.26 Å². The quantitative estimate of drug-likeness (QED) is 0.396. The third-order valence-corrected chi connectivity index (χ3v) is 5.06. The molecular formula is C24H20N4O2. The van der Waals surface area contributed by atoms with Gasteiger partial charge >= 0.3 is 5.97 Å². The van der Waals surface area contributed by atoms with Crippen LogP contribution in [0.15, 0.2) is 54.6 Å². The first-order valence-electron chi connectivity index (χ1n) is 9.46. The second-order valence-corrected chi connectivity index (χ2v) is 6.98. The summed E-state index contributed by atoms with van der Waals surface area (Å²) in [6.07, 6.45) is 1.83. The molecule has 0 aliphatic rings. The molecule has 4 aromatic rings. The van der Waals surface area contributed by atoms with Crippen molar-refractivity contribution < 1.29 is 9.53 Å². The van der Waals surface area contributed by atoms with Crippen molar-refractivity contribution in [3.05, 3.63) is 82.9 Å². The molecule has 0 aliphatic heterocycles. The van der Waals surface area contributed by atoms with Gasteiger partial charge in [0.1, 0.15) is 11.9 Å². The Labute approximate surface area is 174 Å². The van der Waals surface area contributed by atoms with E-state index in [0.717, 1.165) is 33.7 Å². The van der Waals surface area contributed by atoms with Crippen molar-refractivity contribution in [2.75, 3.05) is 7.11 Å². The van der Waals surface area contributed by atoms with Crippen molar-refractivity contribution in [3.8, 4) is 11.8 Å². The molecule has 6 heteroatoms. The van der Waals surface area contributed by atoms with E-state index in [4.69, 9.17) is 4.74 Å². The summed E-state index contributed by atoms with van der Waals surface area (Å²) in [6.45, 7) is 3.97. The highest BCUT2D eigenvalue weighted by atomic mass is 16.5. The molecule has 2 aromatic carbocycles. The molecule has 1 N–H and O–H groups in total. The van der Waals surface area contributed by atoms with Gasteiger partial charge in [0.2, 0.25) is 0 Å². The molecular weight excluding hydrogens is 376 g/mol. The fraction of sp³-hybridized carbons (Fsp3) is 0.125. The number of ether oxygens (including phenoxy) is 1. The second kappa shape index (κ2) is 7.72. The van der Waals surface area contributed by atoms with E-state index in [9.17, 15) is 10.1 Å². The first-order chi connectivity index (χ1) is 14.5. The maximum Gasteiger partial charge on any atom is 0.337 e. The molecule has 0 fully saturated rings. The fourth-order valence-electron chi connectivity index (χ4n) is 3.61. The number of allylic oxidation sites excluding steroid dienone is 1. The average molecular weight is 396 g/mol. The predicted octanol–water partition coefficient (Wildman–Crippen LogP) is 4.82. The monoisotopic (exact) mass is 396 g/mol. The van der Waals surface area contributed by atoms with E-state index in [1.165, 1.54) is 7.11 Å². The summed E-state index contributed by atoms with van der Waals surface area (Å²) < 4.78 is 6.88. The molecule has 0 radical (unpaired) electrons. The van der Waals surface area contributed by atoms with Crippen LogP contribution >= 0.6 is 0 Å². The topological polar surface area (TPSA) is 83.7 Å². The molecule has 0 bridgehead atoms. The van der Waals surface area contributed by atoms with Crippen LogP contribution in [0.3, 0.4) is 0 Å². The van der Waals surface area contributed by atoms with E-state index in [2.05, 4.69) is 16.0 Å². The van der Waals surface area contributed by atoms with Crippen LogP contribution in [0, 0.1) is 25.2 Å². The number of nitrogens with one attached hydrogen (secondary N) is 1. The lowest BCUT2D eigenvalue weighted by Crippen LogP contribution is -2.04. The number of hydrogen-bond donors (Lipinski definition) is 1. The number of carbonyl (C=O) groups is 1.